The van der Waals surface area contributed by atoms with Gasteiger partial charge in [-0.05, 0) is 31.4 Å². The fourth-order valence-corrected chi connectivity index (χ4v) is 3.04. The molecule has 142 valence electrons. The lowest BCUT2D eigenvalue weighted by atomic mass is 9.96. The van der Waals surface area contributed by atoms with Crippen LogP contribution in [0, 0.1) is 0 Å². The first-order valence-corrected chi connectivity index (χ1v) is 9.98. The molecular weight excluding hydrogens is 320 g/mol. The fourth-order valence-electron chi connectivity index (χ4n) is 3.04. The Morgan fingerprint density at radius 3 is 2.42 bits per heavy atom. The Bertz CT molecular complexity index is 596. The molecule has 0 aliphatic heterocycles. The summed E-state index contributed by atoms with van der Waals surface area (Å²) in [6.07, 6.45) is 18.7. The number of ether oxygens (including phenoxy) is 1. The van der Waals surface area contributed by atoms with Gasteiger partial charge in [0.2, 0.25) is 0 Å². The number of rotatable bonds is 14. The topological polar surface area (TPSA) is 26.3 Å². The molecule has 1 rings (SSSR count). The second-order valence-electron chi connectivity index (χ2n) is 6.46. The van der Waals surface area contributed by atoms with Crippen molar-refractivity contribution < 1.29 is 9.53 Å². The largest absolute Gasteiger partial charge is 0.492 e. The van der Waals surface area contributed by atoms with Crippen LogP contribution in [-0.4, -0.2) is 12.9 Å². The molecule has 0 atom stereocenters. The molecular formula is C24H34O2. The standard InChI is InChI=1S/C24H34O2/c1-4-7-9-10-11-12-14-17-21(16-13-8-5-2)23-19-15-18-22(20-25)24(23)26-6-3/h5,8,13,15-16,18-20H,2,4,6-7,9-12,14,17H2,1,3H3. The zero-order valence-electron chi connectivity index (χ0n) is 16.5. The molecule has 0 amide bonds. The number of allylic oxidation sites excluding steroid dienone is 5. The maximum Gasteiger partial charge on any atom is 0.153 e. The van der Waals surface area contributed by atoms with E-state index in [1.165, 1.54) is 44.1 Å². The van der Waals surface area contributed by atoms with Crippen molar-refractivity contribution in [2.24, 2.45) is 0 Å². The van der Waals surface area contributed by atoms with E-state index in [1.807, 2.05) is 37.3 Å². The summed E-state index contributed by atoms with van der Waals surface area (Å²) in [6, 6.07) is 5.79. The molecule has 0 aliphatic carbocycles. The van der Waals surface area contributed by atoms with Crippen LogP contribution in [0.3, 0.4) is 0 Å². The average Bonchev–Trinajstić information content (AvgIpc) is 2.66. The molecule has 2 nitrogen and oxygen atoms in total. The number of carbonyl (C=O) groups is 1. The van der Waals surface area contributed by atoms with E-state index in [-0.39, 0.29) is 0 Å². The number of aldehydes is 1. The number of para-hydroxylation sites is 1. The van der Waals surface area contributed by atoms with Crippen molar-refractivity contribution in [3.8, 4) is 5.75 Å². The van der Waals surface area contributed by atoms with Crippen molar-refractivity contribution in [3.63, 3.8) is 0 Å². The van der Waals surface area contributed by atoms with Gasteiger partial charge in [-0.1, -0.05) is 88.5 Å². The SMILES string of the molecule is C=CC=CC=C(CCCCCCCCC)c1cccc(C=O)c1OCC. The first kappa shape index (κ1) is 22.0. The van der Waals surface area contributed by atoms with E-state index in [2.05, 4.69) is 19.6 Å². The van der Waals surface area contributed by atoms with E-state index in [1.54, 1.807) is 6.08 Å². The molecule has 0 radical (unpaired) electrons. The maximum absolute atomic E-state index is 11.4. The van der Waals surface area contributed by atoms with Crippen molar-refractivity contribution in [1.82, 2.24) is 0 Å². The minimum Gasteiger partial charge on any atom is -0.492 e. The lowest BCUT2D eigenvalue weighted by Crippen LogP contribution is -2.00. The van der Waals surface area contributed by atoms with Crippen LogP contribution in [0.2, 0.25) is 0 Å². The Hall–Kier alpha value is -2.09. The fraction of sp³-hybridized carbons (Fsp3) is 0.458. The average molecular weight is 355 g/mol. The maximum atomic E-state index is 11.4. The smallest absolute Gasteiger partial charge is 0.153 e. The summed E-state index contributed by atoms with van der Waals surface area (Å²) in [7, 11) is 0. The van der Waals surface area contributed by atoms with Crippen LogP contribution < -0.4 is 4.74 Å². The highest BCUT2D eigenvalue weighted by Crippen LogP contribution is 2.32. The molecule has 0 aliphatic rings. The summed E-state index contributed by atoms with van der Waals surface area (Å²) in [6.45, 7) is 8.47. The Labute approximate surface area is 159 Å². The molecule has 0 aromatic heterocycles. The van der Waals surface area contributed by atoms with Crippen LogP contribution in [0.1, 0.15) is 81.1 Å². The Morgan fingerprint density at radius 2 is 1.77 bits per heavy atom. The summed E-state index contributed by atoms with van der Waals surface area (Å²) < 4.78 is 5.80. The summed E-state index contributed by atoms with van der Waals surface area (Å²) in [5.74, 6) is 0.700. The van der Waals surface area contributed by atoms with Crippen LogP contribution in [0.15, 0.2) is 49.1 Å². The minimum absolute atomic E-state index is 0.547. The molecule has 1 aromatic carbocycles. The van der Waals surface area contributed by atoms with Gasteiger partial charge in [0.25, 0.3) is 0 Å². The zero-order valence-corrected chi connectivity index (χ0v) is 16.5. The normalized spacial score (nSPS) is 11.7. The Kier molecular flexibility index (Phi) is 11.9. The summed E-state index contributed by atoms with van der Waals surface area (Å²) in [5, 5.41) is 0. The van der Waals surface area contributed by atoms with Gasteiger partial charge in [-0.3, -0.25) is 4.79 Å². The van der Waals surface area contributed by atoms with Crippen molar-refractivity contribution >= 4 is 11.9 Å². The molecule has 0 spiro atoms. The van der Waals surface area contributed by atoms with E-state index in [0.717, 1.165) is 24.7 Å². The van der Waals surface area contributed by atoms with Gasteiger partial charge in [0.1, 0.15) is 5.75 Å². The third kappa shape index (κ3) is 7.86. The van der Waals surface area contributed by atoms with Crippen molar-refractivity contribution in [2.75, 3.05) is 6.61 Å². The number of benzene rings is 1. The molecule has 0 unspecified atom stereocenters. The van der Waals surface area contributed by atoms with Crippen LogP contribution in [0.5, 0.6) is 5.75 Å². The highest BCUT2D eigenvalue weighted by atomic mass is 16.5. The molecule has 2 heteroatoms. The van der Waals surface area contributed by atoms with Gasteiger partial charge < -0.3 is 4.74 Å². The predicted octanol–water partition coefficient (Wildman–Crippen LogP) is 7.16. The highest BCUT2D eigenvalue weighted by Gasteiger charge is 2.12. The molecule has 0 heterocycles. The second-order valence-corrected chi connectivity index (χ2v) is 6.46. The first-order chi connectivity index (χ1) is 12.8. The van der Waals surface area contributed by atoms with Gasteiger partial charge in [-0.25, -0.2) is 0 Å². The van der Waals surface area contributed by atoms with E-state index in [9.17, 15) is 4.79 Å². The Morgan fingerprint density at radius 1 is 1.04 bits per heavy atom. The van der Waals surface area contributed by atoms with Gasteiger partial charge in [0.15, 0.2) is 6.29 Å². The van der Waals surface area contributed by atoms with E-state index < -0.39 is 0 Å². The molecule has 1 aromatic rings. The Balaban J connectivity index is 2.87. The molecule has 0 saturated heterocycles. The summed E-state index contributed by atoms with van der Waals surface area (Å²) in [4.78, 5) is 11.4. The molecule has 26 heavy (non-hydrogen) atoms. The lowest BCUT2D eigenvalue weighted by molar-refractivity contribution is 0.112. The highest BCUT2D eigenvalue weighted by molar-refractivity contribution is 5.85. The third-order valence-electron chi connectivity index (χ3n) is 4.40. The van der Waals surface area contributed by atoms with Gasteiger partial charge in [0, 0.05) is 5.56 Å². The van der Waals surface area contributed by atoms with Crippen molar-refractivity contribution in [3.05, 3.63) is 60.2 Å². The van der Waals surface area contributed by atoms with E-state index in [0.29, 0.717) is 17.9 Å². The van der Waals surface area contributed by atoms with Crippen LogP contribution in [0.25, 0.3) is 5.57 Å². The van der Waals surface area contributed by atoms with E-state index in [4.69, 9.17) is 4.74 Å². The van der Waals surface area contributed by atoms with Crippen molar-refractivity contribution in [1.29, 1.82) is 0 Å². The van der Waals surface area contributed by atoms with Gasteiger partial charge in [0.05, 0.1) is 12.2 Å². The number of hydrogen-bond donors (Lipinski definition) is 0. The number of carbonyl (C=O) groups excluding carboxylic acids is 1. The summed E-state index contributed by atoms with van der Waals surface area (Å²) in [5.41, 5.74) is 2.85. The monoisotopic (exact) mass is 354 g/mol. The molecule has 0 bridgehead atoms. The quantitative estimate of drug-likeness (QED) is 0.201. The van der Waals surface area contributed by atoms with Gasteiger partial charge >= 0.3 is 0 Å². The van der Waals surface area contributed by atoms with Gasteiger partial charge in [-0.2, -0.15) is 0 Å². The number of hydrogen-bond acceptors (Lipinski definition) is 2. The lowest BCUT2D eigenvalue weighted by Gasteiger charge is -2.15. The van der Waals surface area contributed by atoms with Crippen LogP contribution >= 0.6 is 0 Å². The second kappa shape index (κ2) is 14.1. The van der Waals surface area contributed by atoms with Crippen molar-refractivity contribution in [2.45, 2.75) is 65.2 Å². The van der Waals surface area contributed by atoms with Crippen LogP contribution in [-0.2, 0) is 0 Å². The molecule has 0 N–H and O–H groups in total. The molecule has 0 fully saturated rings. The predicted molar refractivity (Wildman–Crippen MR) is 113 cm³/mol. The van der Waals surface area contributed by atoms with Crippen LogP contribution in [0.4, 0.5) is 0 Å². The zero-order chi connectivity index (χ0) is 19.0. The minimum atomic E-state index is 0.547. The van der Waals surface area contributed by atoms with E-state index >= 15 is 0 Å². The number of unbranched alkanes of at least 4 members (excludes halogenated alkanes) is 6. The van der Waals surface area contributed by atoms with Gasteiger partial charge in [-0.15, -0.1) is 0 Å². The summed E-state index contributed by atoms with van der Waals surface area (Å²) >= 11 is 0. The first-order valence-electron chi connectivity index (χ1n) is 9.98. The third-order valence-corrected chi connectivity index (χ3v) is 4.40. The molecule has 0 saturated carbocycles.